The Morgan fingerprint density at radius 2 is 1.92 bits per heavy atom. The lowest BCUT2D eigenvalue weighted by Gasteiger charge is -2.37. The molecule has 1 heterocycles. The number of hydrogen-bond acceptors (Lipinski definition) is 6. The second-order valence-electron chi connectivity index (χ2n) is 6.52. The molecule has 0 saturated carbocycles. The molecule has 0 unspecified atom stereocenters. The van der Waals surface area contributed by atoms with E-state index in [9.17, 15) is 31.7 Å². The van der Waals surface area contributed by atoms with E-state index < -0.39 is 37.6 Å². The van der Waals surface area contributed by atoms with E-state index in [4.69, 9.17) is 4.74 Å². The number of alkyl halides is 3. The molecule has 146 valence electrons. The van der Waals surface area contributed by atoms with Crippen LogP contribution in [0.3, 0.4) is 0 Å². The molecule has 1 saturated heterocycles. The third kappa shape index (κ3) is 5.31. The van der Waals surface area contributed by atoms with Crippen LogP contribution in [0.25, 0.3) is 0 Å². The minimum atomic E-state index is -4.87. The van der Waals surface area contributed by atoms with Crippen LogP contribution in [0, 0.1) is 15.5 Å². The Bertz CT molecular complexity index is 774. The number of anilines is 1. The molecule has 1 N–H and O–H groups in total. The molecule has 0 radical (unpaired) electrons. The molecule has 11 heteroatoms. The first-order valence-corrected chi connectivity index (χ1v) is 9.83. The summed E-state index contributed by atoms with van der Waals surface area (Å²) in [7, 11) is -3.30. The van der Waals surface area contributed by atoms with Gasteiger partial charge in [-0.05, 0) is 25.0 Å². The van der Waals surface area contributed by atoms with Crippen LogP contribution in [-0.4, -0.2) is 45.1 Å². The largest absolute Gasteiger partial charge is 0.423 e. The zero-order valence-electron chi connectivity index (χ0n) is 14.0. The second kappa shape index (κ2) is 7.39. The second-order valence-corrected chi connectivity index (χ2v) is 8.66. The van der Waals surface area contributed by atoms with Gasteiger partial charge < -0.3 is 10.1 Å². The number of benzene rings is 1. The van der Waals surface area contributed by atoms with E-state index in [1.54, 1.807) is 0 Å². The van der Waals surface area contributed by atoms with E-state index >= 15 is 0 Å². The summed E-state index contributed by atoms with van der Waals surface area (Å²) < 4.78 is 67.9. The fourth-order valence-electron chi connectivity index (χ4n) is 3.05. The SMILES string of the molecule is CS(=O)(=O)CC1(CNc2ccc([N+](=O)[O-])c(C(F)(F)F)c2)CCOCC1. The summed E-state index contributed by atoms with van der Waals surface area (Å²) >= 11 is 0. The Hall–Kier alpha value is -1.88. The number of nitro groups is 1. The highest BCUT2D eigenvalue weighted by Crippen LogP contribution is 2.38. The summed E-state index contributed by atoms with van der Waals surface area (Å²) in [5, 5.41) is 13.6. The fraction of sp³-hybridized carbons (Fsp3) is 0.600. The van der Waals surface area contributed by atoms with Crippen molar-refractivity contribution in [2.75, 3.05) is 37.1 Å². The highest BCUT2D eigenvalue weighted by Gasteiger charge is 2.39. The van der Waals surface area contributed by atoms with Gasteiger partial charge in [0.2, 0.25) is 0 Å². The molecule has 0 aromatic heterocycles. The van der Waals surface area contributed by atoms with Gasteiger partial charge in [0.1, 0.15) is 15.4 Å². The van der Waals surface area contributed by atoms with Crippen LogP contribution in [0.15, 0.2) is 18.2 Å². The van der Waals surface area contributed by atoms with Crippen molar-refractivity contribution >= 4 is 21.2 Å². The molecule has 1 aromatic rings. The van der Waals surface area contributed by atoms with Crippen molar-refractivity contribution in [3.63, 3.8) is 0 Å². The first-order chi connectivity index (χ1) is 11.9. The molecule has 0 bridgehead atoms. The van der Waals surface area contributed by atoms with Crippen LogP contribution in [0.5, 0.6) is 0 Å². The van der Waals surface area contributed by atoms with Crippen molar-refractivity contribution < 1.29 is 31.2 Å². The maximum atomic E-state index is 13.1. The average molecular weight is 396 g/mol. The van der Waals surface area contributed by atoms with Gasteiger partial charge in [0.05, 0.1) is 10.7 Å². The molecule has 1 aliphatic rings. The van der Waals surface area contributed by atoms with E-state index in [1.165, 1.54) is 6.07 Å². The van der Waals surface area contributed by atoms with E-state index in [0.29, 0.717) is 32.1 Å². The first kappa shape index (κ1) is 20.4. The molecule has 7 nitrogen and oxygen atoms in total. The summed E-state index contributed by atoms with van der Waals surface area (Å²) in [6.07, 6.45) is -2.86. The molecular weight excluding hydrogens is 377 g/mol. The Morgan fingerprint density at radius 1 is 1.31 bits per heavy atom. The van der Waals surface area contributed by atoms with E-state index in [-0.39, 0.29) is 18.0 Å². The van der Waals surface area contributed by atoms with Gasteiger partial charge in [-0.3, -0.25) is 10.1 Å². The van der Waals surface area contributed by atoms with Crippen LogP contribution in [0.4, 0.5) is 24.5 Å². The number of nitrogens with one attached hydrogen (secondary N) is 1. The monoisotopic (exact) mass is 396 g/mol. The quantitative estimate of drug-likeness (QED) is 0.586. The van der Waals surface area contributed by atoms with Crippen LogP contribution in [0.2, 0.25) is 0 Å². The lowest BCUT2D eigenvalue weighted by molar-refractivity contribution is -0.388. The Balaban J connectivity index is 2.25. The fourth-order valence-corrected chi connectivity index (χ4v) is 4.56. The Kier molecular flexibility index (Phi) is 5.81. The number of ether oxygens (including phenoxy) is 1. The molecule has 1 fully saturated rings. The van der Waals surface area contributed by atoms with Crippen LogP contribution >= 0.6 is 0 Å². The molecule has 0 amide bonds. The minimum Gasteiger partial charge on any atom is -0.384 e. The number of rotatable bonds is 6. The van der Waals surface area contributed by atoms with Gasteiger partial charge in [0, 0.05) is 43.2 Å². The predicted octanol–water partition coefficient (Wildman–Crippen LogP) is 2.87. The Labute approximate surface area is 148 Å². The van der Waals surface area contributed by atoms with Crippen molar-refractivity contribution in [1.82, 2.24) is 0 Å². The Morgan fingerprint density at radius 3 is 2.42 bits per heavy atom. The maximum Gasteiger partial charge on any atom is 0.423 e. The summed E-state index contributed by atoms with van der Waals surface area (Å²) in [6, 6.07) is 2.64. The van der Waals surface area contributed by atoms with Crippen molar-refractivity contribution in [3.8, 4) is 0 Å². The van der Waals surface area contributed by atoms with Crippen molar-refractivity contribution in [3.05, 3.63) is 33.9 Å². The van der Waals surface area contributed by atoms with Crippen molar-refractivity contribution in [2.24, 2.45) is 5.41 Å². The lowest BCUT2D eigenvalue weighted by atomic mass is 9.82. The number of halogens is 3. The van der Waals surface area contributed by atoms with E-state index in [1.807, 2.05) is 0 Å². The van der Waals surface area contributed by atoms with Gasteiger partial charge in [-0.25, -0.2) is 8.42 Å². The van der Waals surface area contributed by atoms with Crippen LogP contribution in [-0.2, 0) is 20.8 Å². The van der Waals surface area contributed by atoms with Crippen molar-refractivity contribution in [1.29, 1.82) is 0 Å². The minimum absolute atomic E-state index is 0.0438. The summed E-state index contributed by atoms with van der Waals surface area (Å²) in [5.74, 6) is -0.116. The molecule has 1 aliphatic heterocycles. The molecule has 1 aromatic carbocycles. The number of nitro benzene ring substituents is 1. The average Bonchev–Trinajstić information content (AvgIpc) is 2.51. The predicted molar refractivity (Wildman–Crippen MR) is 88.8 cm³/mol. The molecule has 0 spiro atoms. The highest BCUT2D eigenvalue weighted by atomic mass is 32.2. The molecular formula is C15H19F3N2O5S. The molecule has 0 aliphatic carbocycles. The van der Waals surface area contributed by atoms with Gasteiger partial charge in [-0.1, -0.05) is 0 Å². The summed E-state index contributed by atoms with van der Waals surface area (Å²) in [5.41, 5.74) is -3.00. The van der Waals surface area contributed by atoms with Crippen LogP contribution < -0.4 is 5.32 Å². The normalized spacial score (nSPS) is 17.7. The highest BCUT2D eigenvalue weighted by molar-refractivity contribution is 7.90. The maximum absolute atomic E-state index is 13.1. The third-order valence-corrected chi connectivity index (χ3v) is 5.42. The molecule has 0 atom stereocenters. The van der Waals surface area contributed by atoms with Gasteiger partial charge in [-0.15, -0.1) is 0 Å². The van der Waals surface area contributed by atoms with Gasteiger partial charge >= 0.3 is 6.18 Å². The lowest BCUT2D eigenvalue weighted by Crippen LogP contribution is -2.41. The zero-order valence-corrected chi connectivity index (χ0v) is 14.8. The third-order valence-electron chi connectivity index (χ3n) is 4.29. The summed E-state index contributed by atoms with van der Waals surface area (Å²) in [6.45, 7) is 0.856. The van der Waals surface area contributed by atoms with Crippen molar-refractivity contribution in [2.45, 2.75) is 19.0 Å². The van der Waals surface area contributed by atoms with Gasteiger partial charge in [0.25, 0.3) is 5.69 Å². The molecule has 26 heavy (non-hydrogen) atoms. The number of nitrogens with zero attached hydrogens (tertiary/aromatic N) is 1. The smallest absolute Gasteiger partial charge is 0.384 e. The van der Waals surface area contributed by atoms with Crippen LogP contribution in [0.1, 0.15) is 18.4 Å². The zero-order chi connectivity index (χ0) is 19.6. The molecule has 2 rings (SSSR count). The van der Waals surface area contributed by atoms with E-state index in [0.717, 1.165) is 12.3 Å². The first-order valence-electron chi connectivity index (χ1n) is 7.77. The van der Waals surface area contributed by atoms with E-state index in [2.05, 4.69) is 5.32 Å². The van der Waals surface area contributed by atoms with Gasteiger partial charge in [0.15, 0.2) is 0 Å². The van der Waals surface area contributed by atoms with Gasteiger partial charge in [-0.2, -0.15) is 13.2 Å². The standard InChI is InChI=1S/C15H19F3N2O5S/c1-26(23,24)10-14(4-6-25-7-5-14)9-19-11-2-3-13(20(21)22)12(8-11)15(16,17)18/h2-3,8,19H,4-7,9-10H2,1H3. The number of sulfone groups is 1. The summed E-state index contributed by atoms with van der Waals surface area (Å²) in [4.78, 5) is 9.71. The number of hydrogen-bond donors (Lipinski definition) is 1. The topological polar surface area (TPSA) is 98.5 Å².